The highest BCUT2D eigenvalue weighted by Gasteiger charge is 2.13. The number of benzene rings is 1. The maximum atomic E-state index is 6.32. The predicted octanol–water partition coefficient (Wildman–Crippen LogP) is 5.52. The molecule has 3 aromatic rings. The van der Waals surface area contributed by atoms with Crippen molar-refractivity contribution in [1.82, 2.24) is 9.97 Å². The molecule has 120 valence electrons. The highest BCUT2D eigenvalue weighted by Crippen LogP contribution is 2.34. The minimum atomic E-state index is 0.555. The topological polar surface area (TPSA) is 35.0 Å². The molecular formula is C17H17ClN2OS2. The van der Waals surface area contributed by atoms with Gasteiger partial charge >= 0.3 is 0 Å². The van der Waals surface area contributed by atoms with E-state index in [1.165, 1.54) is 10.4 Å². The summed E-state index contributed by atoms with van der Waals surface area (Å²) in [4.78, 5) is 11.3. The van der Waals surface area contributed by atoms with Crippen LogP contribution >= 0.6 is 34.7 Å². The Balaban J connectivity index is 1.55. The van der Waals surface area contributed by atoms with Crippen molar-refractivity contribution in [3.8, 4) is 5.75 Å². The van der Waals surface area contributed by atoms with Crippen LogP contribution < -0.4 is 4.74 Å². The van der Waals surface area contributed by atoms with Crippen LogP contribution in [0.2, 0.25) is 5.15 Å². The number of thiophene rings is 1. The van der Waals surface area contributed by atoms with Gasteiger partial charge in [0.25, 0.3) is 0 Å². The summed E-state index contributed by atoms with van der Waals surface area (Å²) in [6, 6.07) is 9.85. The maximum Gasteiger partial charge on any atom is 0.190 e. The molecule has 0 saturated heterocycles. The van der Waals surface area contributed by atoms with Gasteiger partial charge in [0.2, 0.25) is 0 Å². The van der Waals surface area contributed by atoms with Gasteiger partial charge in [0.1, 0.15) is 15.7 Å². The first-order valence-corrected chi connectivity index (χ1v) is 9.57. The van der Waals surface area contributed by atoms with Gasteiger partial charge in [-0.1, -0.05) is 41.6 Å². The highest BCUT2D eigenvalue weighted by molar-refractivity contribution is 7.99. The number of ether oxygens (including phenoxy) is 1. The molecule has 1 aromatic carbocycles. The molecule has 0 aliphatic carbocycles. The Morgan fingerprint density at radius 3 is 2.74 bits per heavy atom. The van der Waals surface area contributed by atoms with Gasteiger partial charge in [-0.3, -0.25) is 0 Å². The molecular weight excluding hydrogens is 348 g/mol. The lowest BCUT2D eigenvalue weighted by Gasteiger charge is -2.05. The number of aryl methyl sites for hydroxylation is 2. The quantitative estimate of drug-likeness (QED) is 0.249. The number of para-hydroxylation sites is 1. The van der Waals surface area contributed by atoms with Crippen molar-refractivity contribution in [3.63, 3.8) is 0 Å². The fourth-order valence-electron chi connectivity index (χ4n) is 2.18. The second-order valence-electron chi connectivity index (χ2n) is 5.12. The molecule has 0 unspecified atom stereocenters. The van der Waals surface area contributed by atoms with Crippen LogP contribution in [-0.2, 0) is 0 Å². The third kappa shape index (κ3) is 3.97. The van der Waals surface area contributed by atoms with Gasteiger partial charge in [-0.15, -0.1) is 11.3 Å². The smallest absolute Gasteiger partial charge is 0.190 e. The molecule has 0 spiro atoms. The molecule has 0 amide bonds. The fourth-order valence-corrected chi connectivity index (χ4v) is 4.44. The molecule has 0 atom stereocenters. The number of fused-ring (bicyclic) bond motifs is 1. The number of hydrogen-bond acceptors (Lipinski definition) is 5. The SMILES string of the molecule is Cc1sc2nc(SCCCOc3ccccc3)nc(Cl)c2c1C. The van der Waals surface area contributed by atoms with E-state index in [0.29, 0.717) is 11.8 Å². The Labute approximate surface area is 149 Å². The number of hydrogen-bond donors (Lipinski definition) is 0. The standard InChI is InChI=1S/C17H17ClN2OS2/c1-11-12(2)23-16-14(11)15(18)19-17(20-16)22-10-6-9-21-13-7-4-3-5-8-13/h3-5,7-8H,6,9-10H2,1-2H3. The summed E-state index contributed by atoms with van der Waals surface area (Å²) in [7, 11) is 0. The molecule has 2 heterocycles. The molecule has 3 nitrogen and oxygen atoms in total. The zero-order chi connectivity index (χ0) is 16.2. The molecule has 0 N–H and O–H groups in total. The number of rotatable bonds is 6. The first-order valence-electron chi connectivity index (χ1n) is 7.39. The number of nitrogens with zero attached hydrogens (tertiary/aromatic N) is 2. The summed E-state index contributed by atoms with van der Waals surface area (Å²) >= 11 is 9.61. The third-order valence-electron chi connectivity index (χ3n) is 3.50. The van der Waals surface area contributed by atoms with Crippen LogP contribution in [0.5, 0.6) is 5.75 Å². The lowest BCUT2D eigenvalue weighted by atomic mass is 10.2. The maximum absolute atomic E-state index is 6.32. The number of aromatic nitrogens is 2. The average molecular weight is 365 g/mol. The minimum Gasteiger partial charge on any atom is -0.494 e. The van der Waals surface area contributed by atoms with Crippen LogP contribution in [0.1, 0.15) is 16.9 Å². The summed E-state index contributed by atoms with van der Waals surface area (Å²) in [6.45, 7) is 4.84. The van der Waals surface area contributed by atoms with E-state index in [4.69, 9.17) is 16.3 Å². The van der Waals surface area contributed by atoms with E-state index in [0.717, 1.165) is 33.3 Å². The largest absolute Gasteiger partial charge is 0.494 e. The summed E-state index contributed by atoms with van der Waals surface area (Å²) in [5.41, 5.74) is 1.18. The highest BCUT2D eigenvalue weighted by atomic mass is 35.5. The van der Waals surface area contributed by atoms with E-state index >= 15 is 0 Å². The van der Waals surface area contributed by atoms with Crippen molar-refractivity contribution in [2.45, 2.75) is 25.4 Å². The van der Waals surface area contributed by atoms with Gasteiger partial charge in [-0.05, 0) is 38.0 Å². The van der Waals surface area contributed by atoms with Crippen molar-refractivity contribution >= 4 is 44.9 Å². The summed E-state index contributed by atoms with van der Waals surface area (Å²) < 4.78 is 5.68. The zero-order valence-electron chi connectivity index (χ0n) is 13.0. The van der Waals surface area contributed by atoms with Gasteiger partial charge in [-0.2, -0.15) is 0 Å². The molecule has 0 radical (unpaired) electrons. The minimum absolute atomic E-state index is 0.555. The van der Waals surface area contributed by atoms with E-state index in [1.54, 1.807) is 23.1 Å². The first-order chi connectivity index (χ1) is 11.1. The Morgan fingerprint density at radius 1 is 1.17 bits per heavy atom. The molecule has 0 bridgehead atoms. The third-order valence-corrected chi connectivity index (χ3v) is 5.80. The summed E-state index contributed by atoms with van der Waals surface area (Å²) in [6.07, 6.45) is 0.932. The van der Waals surface area contributed by atoms with Gasteiger partial charge in [0.15, 0.2) is 5.16 Å². The Hall–Kier alpha value is -1.30. The van der Waals surface area contributed by atoms with Gasteiger partial charge in [0, 0.05) is 10.6 Å². The zero-order valence-corrected chi connectivity index (χ0v) is 15.4. The summed E-state index contributed by atoms with van der Waals surface area (Å²) in [5, 5.41) is 2.29. The fraction of sp³-hybridized carbons (Fsp3) is 0.294. The van der Waals surface area contributed by atoms with Crippen LogP contribution in [-0.4, -0.2) is 22.3 Å². The van der Waals surface area contributed by atoms with Crippen LogP contribution in [0, 0.1) is 13.8 Å². The van der Waals surface area contributed by atoms with E-state index in [1.807, 2.05) is 30.3 Å². The van der Waals surface area contributed by atoms with Crippen molar-refractivity contribution in [2.75, 3.05) is 12.4 Å². The molecule has 0 aliphatic rings. The summed E-state index contributed by atoms with van der Waals surface area (Å²) in [5.74, 6) is 1.81. The first kappa shape index (κ1) is 16.6. The van der Waals surface area contributed by atoms with E-state index in [9.17, 15) is 0 Å². The number of halogens is 1. The molecule has 2 aromatic heterocycles. The molecule has 0 aliphatic heterocycles. The van der Waals surface area contributed by atoms with Gasteiger partial charge in [0.05, 0.1) is 12.0 Å². The Kier molecular flexibility index (Phi) is 5.41. The second-order valence-corrected chi connectivity index (χ2v) is 7.75. The molecule has 6 heteroatoms. The average Bonchev–Trinajstić information content (AvgIpc) is 2.83. The van der Waals surface area contributed by atoms with Crippen LogP contribution in [0.4, 0.5) is 0 Å². The normalized spacial score (nSPS) is 11.1. The van der Waals surface area contributed by atoms with E-state index < -0.39 is 0 Å². The van der Waals surface area contributed by atoms with Crippen LogP contribution in [0.3, 0.4) is 0 Å². The Morgan fingerprint density at radius 2 is 1.96 bits per heavy atom. The molecule has 23 heavy (non-hydrogen) atoms. The van der Waals surface area contributed by atoms with Gasteiger partial charge < -0.3 is 4.74 Å². The van der Waals surface area contributed by atoms with Crippen LogP contribution in [0.15, 0.2) is 35.5 Å². The molecule has 3 rings (SSSR count). The monoisotopic (exact) mass is 364 g/mol. The van der Waals surface area contributed by atoms with Crippen molar-refractivity contribution in [1.29, 1.82) is 0 Å². The van der Waals surface area contributed by atoms with Gasteiger partial charge in [-0.25, -0.2) is 9.97 Å². The van der Waals surface area contributed by atoms with E-state index in [2.05, 4.69) is 23.8 Å². The van der Waals surface area contributed by atoms with E-state index in [-0.39, 0.29) is 0 Å². The predicted molar refractivity (Wildman–Crippen MR) is 99.2 cm³/mol. The lowest BCUT2D eigenvalue weighted by Crippen LogP contribution is -1.99. The number of thioether (sulfide) groups is 1. The lowest BCUT2D eigenvalue weighted by molar-refractivity contribution is 0.318. The van der Waals surface area contributed by atoms with Crippen molar-refractivity contribution < 1.29 is 4.74 Å². The van der Waals surface area contributed by atoms with Crippen molar-refractivity contribution in [3.05, 3.63) is 45.9 Å². The molecule has 0 fully saturated rings. The molecule has 0 saturated carbocycles. The Bertz CT molecular complexity index is 805. The van der Waals surface area contributed by atoms with Crippen molar-refractivity contribution in [2.24, 2.45) is 0 Å². The second kappa shape index (κ2) is 7.51. The van der Waals surface area contributed by atoms with Crippen LogP contribution in [0.25, 0.3) is 10.2 Å².